The van der Waals surface area contributed by atoms with Gasteiger partial charge in [0.25, 0.3) is 11.8 Å². The van der Waals surface area contributed by atoms with E-state index in [-0.39, 0.29) is 109 Å². The predicted octanol–water partition coefficient (Wildman–Crippen LogP) is 2.65. The van der Waals surface area contributed by atoms with Gasteiger partial charge in [-0.3, -0.25) is 29.3 Å². The van der Waals surface area contributed by atoms with Crippen molar-refractivity contribution in [2.24, 2.45) is 11.7 Å². The lowest BCUT2D eigenvalue weighted by molar-refractivity contribution is -0.387. The predicted molar refractivity (Wildman–Crippen MR) is 320 cm³/mol. The van der Waals surface area contributed by atoms with Gasteiger partial charge in [-0.1, -0.05) is 56.4 Å². The molecule has 5 heterocycles. The average molecular weight is 1280 g/mol. The van der Waals surface area contributed by atoms with E-state index < -0.39 is 132 Å². The third-order valence-corrected chi connectivity index (χ3v) is 16.1. The van der Waals surface area contributed by atoms with E-state index in [4.69, 9.17) is 43.6 Å². The first-order valence-corrected chi connectivity index (χ1v) is 29.0. The number of aliphatic hydroxyl groups excluding tert-OH is 5. The number of benzene rings is 4. The quantitative estimate of drug-likeness (QED) is 0.0250. The minimum Gasteiger partial charge on any atom is -0.493 e. The van der Waals surface area contributed by atoms with E-state index >= 15 is 0 Å². The number of fused-ring (bicyclic) bond motifs is 4. The number of anilines is 3. The van der Waals surface area contributed by atoms with Crippen molar-refractivity contribution in [3.63, 3.8) is 0 Å². The number of ether oxygens (including phenoxy) is 8. The van der Waals surface area contributed by atoms with Crippen LogP contribution >= 0.6 is 0 Å². The number of amides is 6. The van der Waals surface area contributed by atoms with E-state index in [1.807, 2.05) is 0 Å². The lowest BCUT2D eigenvalue weighted by Crippen LogP contribution is -2.61. The number of carbonyl (C=O) groups is 7. The van der Waals surface area contributed by atoms with Crippen molar-refractivity contribution >= 4 is 64.5 Å². The van der Waals surface area contributed by atoms with E-state index in [0.29, 0.717) is 22.4 Å². The Kier molecular flexibility index (Phi) is 20.2. The summed E-state index contributed by atoms with van der Waals surface area (Å²) in [5, 5.41) is 81.7. The molecule has 11 atom stereocenters. The zero-order chi connectivity index (χ0) is 66.7. The summed E-state index contributed by atoms with van der Waals surface area (Å²) >= 11 is 0. The molecule has 92 heavy (non-hydrogen) atoms. The first-order chi connectivity index (χ1) is 43.7. The van der Waals surface area contributed by atoms with Gasteiger partial charge in [-0.15, -0.1) is 0 Å². The fraction of sp³-hybridized carbons (Fsp3) is 0.426. The highest BCUT2D eigenvalue weighted by atomic mass is 16.7. The summed E-state index contributed by atoms with van der Waals surface area (Å²) in [5.74, 6) is -4.38. The van der Waals surface area contributed by atoms with Crippen LogP contribution in [0.1, 0.15) is 71.9 Å². The molecule has 3 saturated heterocycles. The Labute approximate surface area is 525 Å². The SMILES string of the molecule is C=C1C[C@H]2[C@H](O)N(C(=O)OCc3ccc(NC(=O)[C@H](C)NC(=O)[C@@H](N)C(C)C)cc3)c3cc(OCCCOc4cc5c(cc4OC)C(=O)N4CC(=C)C[C@H]4[C@H](O)N5C(=O)OCc4ccc(O[C@@H]5O[C@H](C(=O)O)[C@@H](O)[C@H](O)[C@H]5O)c([N+](=O)[O-])c4)c(OC)cc3C(=O)N2C1. The average Bonchev–Trinajstić information content (AvgIpc) is 1.58. The molecule has 5 aliphatic rings. The maximum Gasteiger partial charge on any atom is 0.416 e. The molecule has 0 spiro atoms. The molecule has 4 aromatic rings. The zero-order valence-corrected chi connectivity index (χ0v) is 50.5. The second kappa shape index (κ2) is 27.9. The minimum absolute atomic E-state index is 0.00904. The lowest BCUT2D eigenvalue weighted by atomic mass is 9.99. The maximum absolute atomic E-state index is 14.3. The molecular weight excluding hydrogens is 1210 g/mol. The molecule has 5 aliphatic heterocycles. The molecule has 6 amide bonds. The van der Waals surface area contributed by atoms with Gasteiger partial charge >= 0.3 is 23.8 Å². The van der Waals surface area contributed by atoms with Gasteiger partial charge in [-0.25, -0.2) is 24.2 Å². The van der Waals surface area contributed by atoms with Gasteiger partial charge in [0.15, 0.2) is 47.3 Å². The summed E-state index contributed by atoms with van der Waals surface area (Å²) in [6.45, 7) is 12.0. The van der Waals surface area contributed by atoms with Gasteiger partial charge in [-0.2, -0.15) is 0 Å². The van der Waals surface area contributed by atoms with Crippen molar-refractivity contribution in [1.82, 2.24) is 15.1 Å². The van der Waals surface area contributed by atoms with Crippen LogP contribution in [0.4, 0.5) is 32.3 Å². The van der Waals surface area contributed by atoms with Crippen LogP contribution in [0.3, 0.4) is 0 Å². The van der Waals surface area contributed by atoms with Crippen LogP contribution < -0.4 is 49.9 Å². The molecule has 0 radical (unpaired) electrons. The molecule has 0 unspecified atom stereocenters. The van der Waals surface area contributed by atoms with Crippen LogP contribution in [-0.4, -0.2) is 195 Å². The number of carboxylic acids is 1. The summed E-state index contributed by atoms with van der Waals surface area (Å²) in [6.07, 6.45) is -15.5. The monoisotopic (exact) mass is 1280 g/mol. The number of carboxylic acid groups (broad SMARTS) is 1. The van der Waals surface area contributed by atoms with Gasteiger partial charge in [0.1, 0.15) is 37.6 Å². The number of nitrogens with one attached hydrogen (secondary N) is 2. The number of rotatable bonds is 21. The van der Waals surface area contributed by atoms with Gasteiger partial charge < -0.3 is 94.7 Å². The molecule has 0 bridgehead atoms. The zero-order valence-electron chi connectivity index (χ0n) is 50.5. The first-order valence-electron chi connectivity index (χ1n) is 29.0. The molecule has 31 heteroatoms. The largest absolute Gasteiger partial charge is 0.493 e. The van der Waals surface area contributed by atoms with Crippen molar-refractivity contribution in [2.45, 2.75) is 121 Å². The van der Waals surface area contributed by atoms with E-state index in [9.17, 15) is 74.3 Å². The van der Waals surface area contributed by atoms with E-state index in [1.54, 1.807) is 38.1 Å². The highest BCUT2D eigenvalue weighted by molar-refractivity contribution is 6.07. The van der Waals surface area contributed by atoms with Gasteiger partial charge in [-0.05, 0) is 67.1 Å². The molecule has 0 saturated carbocycles. The van der Waals surface area contributed by atoms with Crippen LogP contribution in [0.15, 0.2) is 91.0 Å². The summed E-state index contributed by atoms with van der Waals surface area (Å²) in [4.78, 5) is 110. The summed E-state index contributed by atoms with van der Waals surface area (Å²) in [6, 6.07) is 11.2. The van der Waals surface area contributed by atoms with E-state index in [0.717, 1.165) is 21.9 Å². The molecule has 492 valence electrons. The Balaban J connectivity index is 0.891. The summed E-state index contributed by atoms with van der Waals surface area (Å²) in [5.41, 5.74) is 6.85. The topological polar surface area (TPSA) is 421 Å². The van der Waals surface area contributed by atoms with Crippen LogP contribution in [0.2, 0.25) is 0 Å². The number of nitrogens with two attached hydrogens (primary N) is 1. The Bertz CT molecular complexity index is 3570. The molecule has 3 fully saturated rings. The highest BCUT2D eigenvalue weighted by Crippen LogP contribution is 2.45. The van der Waals surface area contributed by atoms with Crippen LogP contribution in [0.5, 0.6) is 28.7 Å². The normalized spacial score (nSPS) is 23.2. The van der Waals surface area contributed by atoms with Crippen LogP contribution in [0.25, 0.3) is 0 Å². The van der Waals surface area contributed by atoms with Gasteiger partial charge in [0.05, 0.1) is 73.0 Å². The molecule has 9 rings (SSSR count). The Morgan fingerprint density at radius 3 is 1.67 bits per heavy atom. The number of methoxy groups -OCH3 is 2. The molecular formula is C61H70N8O23. The van der Waals surface area contributed by atoms with Crippen molar-refractivity contribution in [2.75, 3.05) is 55.6 Å². The maximum atomic E-state index is 14.3. The number of carbonyl (C=O) groups excluding carboxylic acids is 6. The van der Waals surface area contributed by atoms with E-state index in [2.05, 4.69) is 23.8 Å². The second-order valence-electron chi connectivity index (χ2n) is 22.8. The number of aliphatic hydroxyl groups is 5. The first kappa shape index (κ1) is 66.8. The number of nitro groups is 1. The smallest absolute Gasteiger partial charge is 0.416 e. The number of hydrogen-bond donors (Lipinski definition) is 9. The van der Waals surface area contributed by atoms with Crippen LogP contribution in [0, 0.1) is 16.0 Å². The minimum atomic E-state index is -2.07. The molecule has 31 nitrogen and oxygen atoms in total. The fourth-order valence-corrected chi connectivity index (χ4v) is 11.0. The third-order valence-electron chi connectivity index (χ3n) is 16.1. The number of nitrogens with zero attached hydrogens (tertiary/aromatic N) is 5. The highest BCUT2D eigenvalue weighted by Gasteiger charge is 2.50. The Morgan fingerprint density at radius 1 is 0.696 bits per heavy atom. The molecule has 10 N–H and O–H groups in total. The standard InChI is InChI=1S/C61H70N8O23/c1-28(2)47(62)53(74)63-31(5)52(73)64-34-12-9-32(10-13-34)26-89-60(81)67-37-22-45(43(85-6)20-35(37)54(75)65-24-29(3)17-40(65)56(67)77)87-15-8-16-88-46-23-38-36(21-44(46)86-7)55(76)66-25-30(4)18-41(66)57(78)68(38)61(82)90-27-33-11-14-42(39(19-33)69(83)84)91-59-50(72)48(70)49(71)51(92-59)58(79)80/h9-14,19-23,28,31,40-41,47-51,56-57,59,70-72,77-78H,3-4,8,15-18,24-27,62H2,1-2,5-7H3,(H,63,74)(H,64,73)(H,79,80)/t31-,40-,41-,47-,48-,49-,50+,51-,56-,57-,59+/m0/s1. The van der Waals surface area contributed by atoms with Crippen molar-refractivity contribution in [3.8, 4) is 28.7 Å². The third kappa shape index (κ3) is 13.8. The summed E-state index contributed by atoms with van der Waals surface area (Å²) < 4.78 is 45.6. The Morgan fingerprint density at radius 2 is 1.20 bits per heavy atom. The van der Waals surface area contributed by atoms with Crippen molar-refractivity contribution < 1.29 is 107 Å². The number of nitro benzene ring substituents is 1. The lowest BCUT2D eigenvalue weighted by Gasteiger charge is -2.38. The molecule has 0 aromatic heterocycles. The van der Waals surface area contributed by atoms with Crippen molar-refractivity contribution in [1.29, 1.82) is 0 Å². The van der Waals surface area contributed by atoms with Crippen LogP contribution in [-0.2, 0) is 41.8 Å². The van der Waals surface area contributed by atoms with E-state index in [1.165, 1.54) is 61.3 Å². The number of hydrogen-bond acceptors (Lipinski definition) is 23. The van der Waals surface area contributed by atoms with Crippen molar-refractivity contribution in [3.05, 3.63) is 123 Å². The summed E-state index contributed by atoms with van der Waals surface area (Å²) in [7, 11) is 2.65. The second-order valence-corrected chi connectivity index (χ2v) is 22.8. The van der Waals surface area contributed by atoms with Gasteiger partial charge in [0, 0.05) is 43.4 Å². The Hall–Kier alpha value is -9.63. The fourth-order valence-electron chi connectivity index (χ4n) is 11.0. The molecule has 4 aromatic carbocycles. The van der Waals surface area contributed by atoms with Gasteiger partial charge in [0.2, 0.25) is 18.1 Å². The molecule has 0 aliphatic carbocycles. The number of aliphatic carboxylic acids is 1.